The number of methoxy groups -OCH3 is 1. The van der Waals surface area contributed by atoms with Crippen LogP contribution in [-0.4, -0.2) is 24.3 Å². The lowest BCUT2D eigenvalue weighted by atomic mass is 10.0. The second-order valence-electron chi connectivity index (χ2n) is 4.81. The van der Waals surface area contributed by atoms with Gasteiger partial charge in [-0.25, -0.2) is 9.78 Å². The third-order valence-electron chi connectivity index (χ3n) is 3.44. The number of nitrogens with zero attached hydrogens (tertiary/aromatic N) is 1. The molecule has 0 saturated heterocycles. The molecular formula is C18H13NO3. The Morgan fingerprint density at radius 3 is 2.55 bits per heavy atom. The molecule has 2 aromatic carbocycles. The largest absolute Gasteiger partial charge is 0.465 e. The number of carbonyl (C=O) groups is 2. The summed E-state index contributed by atoms with van der Waals surface area (Å²) in [7, 11) is 1.33. The van der Waals surface area contributed by atoms with Gasteiger partial charge in [-0.05, 0) is 24.3 Å². The predicted molar refractivity (Wildman–Crippen MR) is 83.9 cm³/mol. The maximum Gasteiger partial charge on any atom is 0.338 e. The van der Waals surface area contributed by atoms with Crippen molar-refractivity contribution in [2.24, 2.45) is 0 Å². The van der Waals surface area contributed by atoms with Crippen LogP contribution >= 0.6 is 0 Å². The van der Waals surface area contributed by atoms with Gasteiger partial charge in [-0.2, -0.15) is 0 Å². The number of aldehydes is 1. The summed E-state index contributed by atoms with van der Waals surface area (Å²) in [6.07, 6.45) is 0.742. The van der Waals surface area contributed by atoms with Crippen molar-refractivity contribution in [2.45, 2.75) is 0 Å². The van der Waals surface area contributed by atoms with Crippen LogP contribution in [0.1, 0.15) is 20.7 Å². The van der Waals surface area contributed by atoms with E-state index in [1.807, 2.05) is 30.3 Å². The highest BCUT2D eigenvalue weighted by Gasteiger charge is 2.14. The Labute approximate surface area is 127 Å². The number of ether oxygens (including phenoxy) is 1. The number of pyridine rings is 1. The molecule has 0 aliphatic carbocycles. The second kappa shape index (κ2) is 5.77. The van der Waals surface area contributed by atoms with Crippen LogP contribution in [-0.2, 0) is 4.74 Å². The molecule has 0 aliphatic heterocycles. The highest BCUT2D eigenvalue weighted by molar-refractivity contribution is 6.05. The van der Waals surface area contributed by atoms with Crippen LogP contribution in [0.2, 0.25) is 0 Å². The van der Waals surface area contributed by atoms with Crippen LogP contribution in [0.15, 0.2) is 54.6 Å². The molecule has 0 amide bonds. The monoisotopic (exact) mass is 291 g/mol. The van der Waals surface area contributed by atoms with Crippen LogP contribution in [0.25, 0.3) is 22.2 Å². The quantitative estimate of drug-likeness (QED) is 0.547. The zero-order chi connectivity index (χ0) is 15.5. The third-order valence-corrected chi connectivity index (χ3v) is 3.44. The van der Waals surface area contributed by atoms with E-state index in [2.05, 4.69) is 4.98 Å². The lowest BCUT2D eigenvalue weighted by Gasteiger charge is -2.09. The minimum atomic E-state index is -0.451. The van der Waals surface area contributed by atoms with E-state index in [1.165, 1.54) is 7.11 Å². The van der Waals surface area contributed by atoms with Gasteiger partial charge >= 0.3 is 5.97 Å². The summed E-state index contributed by atoms with van der Waals surface area (Å²) in [6.45, 7) is 0. The van der Waals surface area contributed by atoms with Gasteiger partial charge in [0.1, 0.15) is 6.29 Å². The summed E-state index contributed by atoms with van der Waals surface area (Å²) in [5.41, 5.74) is 3.13. The van der Waals surface area contributed by atoms with E-state index in [1.54, 1.807) is 24.3 Å². The first-order valence-electron chi connectivity index (χ1n) is 6.76. The van der Waals surface area contributed by atoms with Crippen molar-refractivity contribution in [1.29, 1.82) is 0 Å². The van der Waals surface area contributed by atoms with Gasteiger partial charge in [0.15, 0.2) is 0 Å². The first-order chi connectivity index (χ1) is 10.7. The Kier molecular flexibility index (Phi) is 3.66. The average molecular weight is 291 g/mol. The van der Waals surface area contributed by atoms with Crippen molar-refractivity contribution in [3.63, 3.8) is 0 Å². The smallest absolute Gasteiger partial charge is 0.338 e. The Hall–Kier alpha value is -3.01. The Morgan fingerprint density at radius 2 is 1.86 bits per heavy atom. The van der Waals surface area contributed by atoms with E-state index in [9.17, 15) is 9.59 Å². The van der Waals surface area contributed by atoms with Gasteiger partial charge in [0.05, 0.1) is 23.9 Å². The number of hydrogen-bond acceptors (Lipinski definition) is 4. The molecule has 0 spiro atoms. The summed E-state index contributed by atoms with van der Waals surface area (Å²) in [6, 6.07) is 16.3. The van der Waals surface area contributed by atoms with E-state index < -0.39 is 5.97 Å². The van der Waals surface area contributed by atoms with E-state index in [0.717, 1.165) is 11.8 Å². The highest BCUT2D eigenvalue weighted by atomic mass is 16.5. The predicted octanol–water partition coefficient (Wildman–Crippen LogP) is 3.50. The van der Waals surface area contributed by atoms with Crippen molar-refractivity contribution in [1.82, 2.24) is 4.98 Å². The van der Waals surface area contributed by atoms with E-state index in [4.69, 9.17) is 4.74 Å². The Bertz CT molecular complexity index is 857. The molecule has 3 aromatic rings. The average Bonchev–Trinajstić information content (AvgIpc) is 2.60. The summed E-state index contributed by atoms with van der Waals surface area (Å²) in [5.74, 6) is -0.451. The number of fused-ring (bicyclic) bond motifs is 1. The summed E-state index contributed by atoms with van der Waals surface area (Å²) in [4.78, 5) is 27.6. The fourth-order valence-corrected chi connectivity index (χ4v) is 2.35. The maximum atomic E-state index is 12.1. The first-order valence-corrected chi connectivity index (χ1v) is 6.76. The van der Waals surface area contributed by atoms with E-state index in [0.29, 0.717) is 27.7 Å². The summed E-state index contributed by atoms with van der Waals surface area (Å²) < 4.78 is 4.85. The molecule has 0 saturated carbocycles. The van der Waals surface area contributed by atoms with Crippen molar-refractivity contribution in [3.8, 4) is 11.3 Å². The maximum absolute atomic E-state index is 12.1. The molecule has 1 aromatic heterocycles. The zero-order valence-electron chi connectivity index (χ0n) is 11.9. The fourth-order valence-electron chi connectivity index (χ4n) is 2.35. The van der Waals surface area contributed by atoms with Crippen LogP contribution in [0.5, 0.6) is 0 Å². The van der Waals surface area contributed by atoms with Gasteiger partial charge in [0.25, 0.3) is 0 Å². The zero-order valence-corrected chi connectivity index (χ0v) is 11.9. The molecule has 0 atom stereocenters. The van der Waals surface area contributed by atoms with Crippen molar-refractivity contribution >= 4 is 23.2 Å². The van der Waals surface area contributed by atoms with Gasteiger partial charge in [0.2, 0.25) is 0 Å². The lowest BCUT2D eigenvalue weighted by molar-refractivity contribution is 0.0603. The van der Waals surface area contributed by atoms with Crippen LogP contribution < -0.4 is 0 Å². The third kappa shape index (κ3) is 2.46. The van der Waals surface area contributed by atoms with Gasteiger partial charge in [-0.1, -0.05) is 30.3 Å². The van der Waals surface area contributed by atoms with Crippen LogP contribution in [0, 0.1) is 0 Å². The number of aromatic nitrogens is 1. The number of rotatable bonds is 3. The second-order valence-corrected chi connectivity index (χ2v) is 4.81. The fraction of sp³-hybridized carbons (Fsp3) is 0.0556. The van der Waals surface area contributed by atoms with Crippen LogP contribution in [0.3, 0.4) is 0 Å². The molecule has 22 heavy (non-hydrogen) atoms. The lowest BCUT2D eigenvalue weighted by Crippen LogP contribution is -2.04. The highest BCUT2D eigenvalue weighted by Crippen LogP contribution is 2.26. The topological polar surface area (TPSA) is 56.3 Å². The molecular weight excluding hydrogens is 278 g/mol. The molecule has 4 nitrogen and oxygen atoms in total. The summed E-state index contributed by atoms with van der Waals surface area (Å²) in [5, 5.41) is 0.608. The van der Waals surface area contributed by atoms with E-state index >= 15 is 0 Å². The molecule has 0 N–H and O–H groups in total. The number of carbonyl (C=O) groups excluding carboxylic acids is 2. The van der Waals surface area contributed by atoms with Gasteiger partial charge in [-0.3, -0.25) is 4.79 Å². The molecule has 4 heteroatoms. The van der Waals surface area contributed by atoms with Gasteiger partial charge < -0.3 is 4.74 Å². The first kappa shape index (κ1) is 13.9. The van der Waals surface area contributed by atoms with Crippen LogP contribution in [0.4, 0.5) is 0 Å². The van der Waals surface area contributed by atoms with E-state index in [-0.39, 0.29) is 0 Å². The number of hydrogen-bond donors (Lipinski definition) is 0. The summed E-state index contributed by atoms with van der Waals surface area (Å²) >= 11 is 0. The van der Waals surface area contributed by atoms with Gasteiger partial charge in [-0.15, -0.1) is 0 Å². The molecule has 0 aliphatic rings. The SMILES string of the molecule is COC(=O)c1cc(-c2ccccc2)nc2ccc(C=O)cc12. The standard InChI is InChI=1S/C18H13NO3/c1-22-18(21)15-10-17(13-5-3-2-4-6-13)19-16-8-7-12(11-20)9-14(15)16/h2-11H,1H3. The molecule has 3 rings (SSSR count). The van der Waals surface area contributed by atoms with Crippen molar-refractivity contribution in [2.75, 3.05) is 7.11 Å². The number of benzene rings is 2. The minimum absolute atomic E-state index is 0.398. The molecule has 0 unspecified atom stereocenters. The Morgan fingerprint density at radius 1 is 1.09 bits per heavy atom. The molecule has 0 fully saturated rings. The molecule has 0 bridgehead atoms. The normalized spacial score (nSPS) is 10.4. The van der Waals surface area contributed by atoms with Crippen molar-refractivity contribution < 1.29 is 14.3 Å². The van der Waals surface area contributed by atoms with Gasteiger partial charge in [0, 0.05) is 16.5 Å². The Balaban J connectivity index is 2.30. The minimum Gasteiger partial charge on any atom is -0.465 e. The molecule has 108 valence electrons. The molecule has 1 heterocycles. The number of esters is 1. The van der Waals surface area contributed by atoms with Crippen molar-refractivity contribution in [3.05, 3.63) is 65.7 Å². The molecule has 0 radical (unpaired) electrons.